The largest absolute Gasteiger partial charge is 0.369 e. The summed E-state index contributed by atoms with van der Waals surface area (Å²) in [5.74, 6) is -0.638. The monoisotopic (exact) mass is 621 g/mol. The predicted octanol–water partition coefficient (Wildman–Crippen LogP) is 7.31. The summed E-state index contributed by atoms with van der Waals surface area (Å²) >= 11 is 12.7. The SMILES string of the molecule is CC(C)OC(C(=O)C(=N)CC(C)(CCN1CCC(C(N)=O)(c2ccccc2)CC1)c1ccc(Cl)c(Cl)c1)c1ccccc1. The Bertz CT molecular complexity index is 1420. The highest BCUT2D eigenvalue weighted by atomic mass is 35.5. The number of amides is 1. The minimum absolute atomic E-state index is 0.00135. The van der Waals surface area contributed by atoms with E-state index in [4.69, 9.17) is 39.1 Å². The van der Waals surface area contributed by atoms with Crippen molar-refractivity contribution in [1.29, 1.82) is 5.41 Å². The van der Waals surface area contributed by atoms with Crippen LogP contribution in [0.2, 0.25) is 10.0 Å². The van der Waals surface area contributed by atoms with Crippen molar-refractivity contribution in [3.63, 3.8) is 0 Å². The Morgan fingerprint density at radius 1 is 0.977 bits per heavy atom. The van der Waals surface area contributed by atoms with Crippen LogP contribution >= 0.6 is 23.2 Å². The third-order valence-corrected chi connectivity index (χ3v) is 9.46. The molecule has 0 saturated carbocycles. The lowest BCUT2D eigenvalue weighted by Gasteiger charge is -2.41. The van der Waals surface area contributed by atoms with E-state index >= 15 is 0 Å². The summed E-state index contributed by atoms with van der Waals surface area (Å²) in [6.07, 6.45) is 1.10. The molecule has 6 nitrogen and oxygen atoms in total. The lowest BCUT2D eigenvalue weighted by atomic mass is 9.71. The van der Waals surface area contributed by atoms with Gasteiger partial charge in [-0.15, -0.1) is 0 Å². The molecule has 3 aromatic carbocycles. The quantitative estimate of drug-likeness (QED) is 0.196. The van der Waals surface area contributed by atoms with Crippen LogP contribution in [-0.4, -0.2) is 48.0 Å². The summed E-state index contributed by atoms with van der Waals surface area (Å²) in [6.45, 7) is 7.98. The van der Waals surface area contributed by atoms with Gasteiger partial charge in [0.05, 0.1) is 27.3 Å². The van der Waals surface area contributed by atoms with Crippen LogP contribution in [0.4, 0.5) is 0 Å². The van der Waals surface area contributed by atoms with E-state index < -0.39 is 16.9 Å². The number of hydrogen-bond donors (Lipinski definition) is 2. The Hall–Kier alpha value is -3.03. The first-order chi connectivity index (χ1) is 20.4. The normalized spacial score (nSPS) is 17.3. The van der Waals surface area contributed by atoms with E-state index in [0.29, 0.717) is 48.9 Å². The van der Waals surface area contributed by atoms with Gasteiger partial charge >= 0.3 is 0 Å². The van der Waals surface area contributed by atoms with E-state index in [2.05, 4.69) is 11.8 Å². The van der Waals surface area contributed by atoms with Crippen LogP contribution in [0, 0.1) is 5.41 Å². The van der Waals surface area contributed by atoms with Crippen LogP contribution in [0.25, 0.3) is 0 Å². The van der Waals surface area contributed by atoms with Crippen molar-refractivity contribution in [2.45, 2.75) is 69.5 Å². The van der Waals surface area contributed by atoms with Crippen molar-refractivity contribution in [3.8, 4) is 0 Å². The average Bonchev–Trinajstić information content (AvgIpc) is 3.00. The first kappa shape index (κ1) is 32.9. The molecule has 3 aromatic rings. The van der Waals surface area contributed by atoms with Gasteiger partial charge in [-0.3, -0.25) is 9.59 Å². The Morgan fingerprint density at radius 2 is 1.58 bits per heavy atom. The molecule has 0 radical (unpaired) electrons. The standard InChI is InChI=1S/C35H41Cl2N3O3/c1-24(2)43-32(25-10-6-4-7-11-25)31(41)30(38)23-34(3,27-14-15-28(36)29(37)22-27)16-19-40-20-17-35(18-21-40,33(39)42)26-12-8-5-9-13-26/h4-15,22,24,32,38H,16-21,23H2,1-3H3,(H2,39,42). The predicted molar refractivity (Wildman–Crippen MR) is 174 cm³/mol. The molecule has 3 N–H and O–H groups in total. The number of likely N-dealkylation sites (tertiary alicyclic amines) is 1. The van der Waals surface area contributed by atoms with Crippen molar-refractivity contribution < 1.29 is 14.3 Å². The molecular formula is C35H41Cl2N3O3. The lowest BCUT2D eigenvalue weighted by Crippen LogP contribution is -2.50. The number of nitrogens with two attached hydrogens (primary N) is 1. The molecular weight excluding hydrogens is 581 g/mol. The van der Waals surface area contributed by atoms with E-state index in [0.717, 1.165) is 16.7 Å². The topological polar surface area (TPSA) is 96.5 Å². The molecule has 2 unspecified atom stereocenters. The molecule has 0 aliphatic carbocycles. The van der Waals surface area contributed by atoms with Gasteiger partial charge in [-0.2, -0.15) is 0 Å². The van der Waals surface area contributed by atoms with Crippen molar-refractivity contribution >= 4 is 40.6 Å². The number of carbonyl (C=O) groups excluding carboxylic acids is 2. The number of hydrogen-bond acceptors (Lipinski definition) is 5. The van der Waals surface area contributed by atoms with Gasteiger partial charge < -0.3 is 20.8 Å². The third kappa shape index (κ3) is 7.74. The maximum absolute atomic E-state index is 13.7. The first-order valence-corrected chi connectivity index (χ1v) is 15.6. The summed E-state index contributed by atoms with van der Waals surface area (Å²) in [4.78, 5) is 28.7. The second-order valence-electron chi connectivity index (χ2n) is 12.1. The molecule has 0 spiro atoms. The van der Waals surface area contributed by atoms with Crippen molar-refractivity contribution in [3.05, 3.63) is 106 Å². The van der Waals surface area contributed by atoms with Gasteiger partial charge in [0.1, 0.15) is 6.10 Å². The molecule has 1 aliphatic rings. The highest BCUT2D eigenvalue weighted by molar-refractivity contribution is 6.42. The molecule has 8 heteroatoms. The summed E-state index contributed by atoms with van der Waals surface area (Å²) in [5.41, 5.74) is 7.30. The Balaban J connectivity index is 1.54. The number of benzene rings is 3. The van der Waals surface area contributed by atoms with E-state index in [-0.39, 0.29) is 29.9 Å². The minimum Gasteiger partial charge on any atom is -0.369 e. The summed E-state index contributed by atoms with van der Waals surface area (Å²) in [6, 6.07) is 24.7. The van der Waals surface area contributed by atoms with Crippen LogP contribution in [0.15, 0.2) is 78.9 Å². The number of ketones is 1. The Morgan fingerprint density at radius 3 is 2.14 bits per heavy atom. The number of nitrogens with one attached hydrogen (secondary N) is 1. The van der Waals surface area contributed by atoms with Gasteiger partial charge in [0.25, 0.3) is 0 Å². The smallest absolute Gasteiger partial charge is 0.228 e. The van der Waals surface area contributed by atoms with Crippen LogP contribution in [-0.2, 0) is 25.2 Å². The van der Waals surface area contributed by atoms with Crippen molar-refractivity contribution in [2.24, 2.45) is 5.73 Å². The number of carbonyl (C=O) groups is 2. The molecule has 1 amide bonds. The molecule has 1 heterocycles. The lowest BCUT2D eigenvalue weighted by molar-refractivity contribution is -0.127. The Kier molecular flexibility index (Phi) is 10.8. The zero-order valence-electron chi connectivity index (χ0n) is 25.1. The van der Waals surface area contributed by atoms with E-state index in [1.807, 2.05) is 86.6 Å². The maximum Gasteiger partial charge on any atom is 0.228 e. The molecule has 2 atom stereocenters. The second-order valence-corrected chi connectivity index (χ2v) is 12.9. The second kappa shape index (κ2) is 14.2. The molecule has 228 valence electrons. The number of primary amides is 1. The number of piperidine rings is 1. The highest BCUT2D eigenvalue weighted by Crippen LogP contribution is 2.39. The number of halogens is 2. The molecule has 1 fully saturated rings. The number of nitrogens with zero attached hydrogens (tertiary/aromatic N) is 1. The summed E-state index contributed by atoms with van der Waals surface area (Å²) in [7, 11) is 0. The van der Waals surface area contributed by atoms with Gasteiger partial charge in [0.15, 0.2) is 0 Å². The van der Waals surface area contributed by atoms with Crippen LogP contribution in [0.3, 0.4) is 0 Å². The molecule has 4 rings (SSSR count). The van der Waals surface area contributed by atoms with Gasteiger partial charge in [-0.25, -0.2) is 0 Å². The number of ether oxygens (including phenoxy) is 1. The molecule has 0 aromatic heterocycles. The minimum atomic E-state index is -0.853. The molecule has 43 heavy (non-hydrogen) atoms. The van der Waals surface area contributed by atoms with Crippen molar-refractivity contribution in [1.82, 2.24) is 4.90 Å². The zero-order chi connectivity index (χ0) is 31.2. The van der Waals surface area contributed by atoms with E-state index in [9.17, 15) is 9.59 Å². The van der Waals surface area contributed by atoms with Gasteiger partial charge in [0.2, 0.25) is 11.7 Å². The fraction of sp³-hybridized carbons (Fsp3) is 0.400. The van der Waals surface area contributed by atoms with Crippen molar-refractivity contribution in [2.75, 3.05) is 19.6 Å². The van der Waals surface area contributed by atoms with Gasteiger partial charge in [-0.05, 0) is 87.0 Å². The zero-order valence-corrected chi connectivity index (χ0v) is 26.6. The maximum atomic E-state index is 13.7. The van der Waals surface area contributed by atoms with Crippen LogP contribution in [0.1, 0.15) is 69.2 Å². The van der Waals surface area contributed by atoms with E-state index in [1.165, 1.54) is 0 Å². The van der Waals surface area contributed by atoms with Crippen LogP contribution in [0.5, 0.6) is 0 Å². The van der Waals surface area contributed by atoms with Crippen LogP contribution < -0.4 is 5.73 Å². The number of rotatable bonds is 13. The third-order valence-electron chi connectivity index (χ3n) is 8.72. The van der Waals surface area contributed by atoms with Gasteiger partial charge in [0, 0.05) is 6.42 Å². The highest BCUT2D eigenvalue weighted by Gasteiger charge is 2.42. The Labute approximate surface area is 265 Å². The molecule has 1 aliphatic heterocycles. The number of Topliss-reactive ketones (excluding diaryl/α,β-unsaturated/α-hetero) is 1. The summed E-state index contributed by atoms with van der Waals surface area (Å²) in [5, 5.41) is 9.87. The fourth-order valence-corrected chi connectivity index (χ4v) is 6.33. The molecule has 0 bridgehead atoms. The molecule has 1 saturated heterocycles. The average molecular weight is 623 g/mol. The fourth-order valence-electron chi connectivity index (χ4n) is 6.03. The summed E-state index contributed by atoms with van der Waals surface area (Å²) < 4.78 is 6.03. The first-order valence-electron chi connectivity index (χ1n) is 14.8. The van der Waals surface area contributed by atoms with E-state index in [1.54, 1.807) is 6.07 Å². The van der Waals surface area contributed by atoms with Gasteiger partial charge in [-0.1, -0.05) is 96.9 Å².